The van der Waals surface area contributed by atoms with Crippen molar-refractivity contribution in [3.05, 3.63) is 35.9 Å². The van der Waals surface area contributed by atoms with E-state index in [0.29, 0.717) is 6.54 Å². The zero-order chi connectivity index (χ0) is 11.4. The van der Waals surface area contributed by atoms with Gasteiger partial charge in [-0.2, -0.15) is 0 Å². The molecule has 3 amide bonds. The Hall–Kier alpha value is -1.84. The molecule has 0 spiro atoms. The molecular formula is C12H14N2O2. The van der Waals surface area contributed by atoms with Gasteiger partial charge in [-0.15, -0.1) is 0 Å². The lowest BCUT2D eigenvalue weighted by atomic mass is 9.97. The molecule has 1 aromatic carbocycles. The van der Waals surface area contributed by atoms with Crippen LogP contribution in [0.4, 0.5) is 4.79 Å². The third kappa shape index (κ3) is 2.59. The zero-order valence-electron chi connectivity index (χ0n) is 8.90. The highest BCUT2D eigenvalue weighted by Crippen LogP contribution is 2.11. The number of urea groups is 1. The number of amides is 3. The van der Waals surface area contributed by atoms with Crippen LogP contribution in [0.25, 0.3) is 0 Å². The Balaban J connectivity index is 1.87. The van der Waals surface area contributed by atoms with Crippen molar-refractivity contribution in [1.29, 1.82) is 0 Å². The van der Waals surface area contributed by atoms with E-state index in [-0.39, 0.29) is 17.9 Å². The molecule has 2 N–H and O–H groups in total. The lowest BCUT2D eigenvalue weighted by molar-refractivity contribution is -0.124. The average Bonchev–Trinajstić information content (AvgIpc) is 2.29. The Morgan fingerprint density at radius 3 is 2.62 bits per heavy atom. The molecule has 1 aliphatic heterocycles. The van der Waals surface area contributed by atoms with Crippen molar-refractivity contribution in [2.24, 2.45) is 5.92 Å². The van der Waals surface area contributed by atoms with Crippen LogP contribution in [0.2, 0.25) is 0 Å². The molecule has 0 bridgehead atoms. The Bertz CT molecular complexity index is 389. The minimum atomic E-state index is -0.388. The minimum Gasteiger partial charge on any atom is -0.337 e. The van der Waals surface area contributed by atoms with E-state index in [1.165, 1.54) is 5.56 Å². The van der Waals surface area contributed by atoms with Crippen molar-refractivity contribution in [2.75, 3.05) is 6.54 Å². The predicted octanol–water partition coefficient (Wildman–Crippen LogP) is 1.07. The van der Waals surface area contributed by atoms with Crippen LogP contribution in [-0.2, 0) is 11.2 Å². The molecule has 1 unspecified atom stereocenters. The first-order valence-electron chi connectivity index (χ1n) is 5.38. The fourth-order valence-electron chi connectivity index (χ4n) is 1.79. The summed E-state index contributed by atoms with van der Waals surface area (Å²) in [5, 5.41) is 4.90. The zero-order valence-corrected chi connectivity index (χ0v) is 8.90. The first-order chi connectivity index (χ1) is 7.75. The van der Waals surface area contributed by atoms with Gasteiger partial charge in [-0.05, 0) is 18.4 Å². The van der Waals surface area contributed by atoms with E-state index in [9.17, 15) is 9.59 Å². The molecule has 1 aromatic rings. The van der Waals surface area contributed by atoms with Crippen LogP contribution in [0.5, 0.6) is 0 Å². The van der Waals surface area contributed by atoms with Crippen molar-refractivity contribution in [3.63, 3.8) is 0 Å². The predicted molar refractivity (Wildman–Crippen MR) is 59.8 cm³/mol. The first-order valence-corrected chi connectivity index (χ1v) is 5.38. The number of aryl methyl sites for hydroxylation is 1. The summed E-state index contributed by atoms with van der Waals surface area (Å²) in [6.07, 6.45) is 1.62. The number of benzene rings is 1. The smallest absolute Gasteiger partial charge is 0.321 e. The van der Waals surface area contributed by atoms with Gasteiger partial charge in [-0.3, -0.25) is 10.1 Å². The van der Waals surface area contributed by atoms with E-state index >= 15 is 0 Å². The summed E-state index contributed by atoms with van der Waals surface area (Å²) in [5.74, 6) is -0.280. The topological polar surface area (TPSA) is 58.2 Å². The highest BCUT2D eigenvalue weighted by Gasteiger charge is 2.25. The van der Waals surface area contributed by atoms with Crippen LogP contribution < -0.4 is 10.6 Å². The molecule has 4 heteroatoms. The molecule has 1 heterocycles. The molecule has 1 fully saturated rings. The van der Waals surface area contributed by atoms with Crippen molar-refractivity contribution in [1.82, 2.24) is 10.6 Å². The van der Waals surface area contributed by atoms with E-state index in [1.807, 2.05) is 30.3 Å². The van der Waals surface area contributed by atoms with Crippen molar-refractivity contribution < 1.29 is 9.59 Å². The van der Waals surface area contributed by atoms with Crippen molar-refractivity contribution in [2.45, 2.75) is 12.8 Å². The van der Waals surface area contributed by atoms with Gasteiger partial charge in [0.25, 0.3) is 0 Å². The van der Waals surface area contributed by atoms with Crippen LogP contribution in [0.1, 0.15) is 12.0 Å². The van der Waals surface area contributed by atoms with Crippen LogP contribution >= 0.6 is 0 Å². The van der Waals surface area contributed by atoms with Gasteiger partial charge in [0.15, 0.2) is 0 Å². The lowest BCUT2D eigenvalue weighted by Gasteiger charge is -2.21. The third-order valence-electron chi connectivity index (χ3n) is 2.74. The van der Waals surface area contributed by atoms with E-state index in [2.05, 4.69) is 10.6 Å². The maximum atomic E-state index is 11.5. The van der Waals surface area contributed by atoms with Gasteiger partial charge in [0.05, 0.1) is 5.92 Å². The minimum absolute atomic E-state index is 0.113. The molecule has 0 aromatic heterocycles. The molecule has 84 valence electrons. The molecule has 2 rings (SSSR count). The number of hydrogen-bond donors (Lipinski definition) is 2. The summed E-state index contributed by atoms with van der Waals surface area (Å²) in [6.45, 7) is 0.442. The number of hydrogen-bond acceptors (Lipinski definition) is 2. The summed E-state index contributed by atoms with van der Waals surface area (Å²) < 4.78 is 0. The van der Waals surface area contributed by atoms with Gasteiger partial charge in [-0.25, -0.2) is 4.79 Å². The van der Waals surface area contributed by atoms with Crippen LogP contribution in [0.15, 0.2) is 30.3 Å². The monoisotopic (exact) mass is 218 g/mol. The normalized spacial score (nSPS) is 20.1. The molecule has 16 heavy (non-hydrogen) atoms. The molecule has 1 atom stereocenters. The lowest BCUT2D eigenvalue weighted by Crippen LogP contribution is -2.52. The van der Waals surface area contributed by atoms with Gasteiger partial charge >= 0.3 is 6.03 Å². The Labute approximate surface area is 94.0 Å². The summed E-state index contributed by atoms with van der Waals surface area (Å²) >= 11 is 0. The van der Waals surface area contributed by atoms with Crippen molar-refractivity contribution >= 4 is 11.9 Å². The Morgan fingerprint density at radius 2 is 1.94 bits per heavy atom. The third-order valence-corrected chi connectivity index (χ3v) is 2.74. The Morgan fingerprint density at radius 1 is 1.19 bits per heavy atom. The average molecular weight is 218 g/mol. The number of nitrogens with one attached hydrogen (secondary N) is 2. The Kier molecular flexibility index (Phi) is 3.19. The summed E-state index contributed by atoms with van der Waals surface area (Å²) in [6, 6.07) is 9.63. The van der Waals surface area contributed by atoms with Crippen LogP contribution in [-0.4, -0.2) is 18.5 Å². The maximum absolute atomic E-state index is 11.5. The second kappa shape index (κ2) is 4.79. The number of rotatable bonds is 3. The van der Waals surface area contributed by atoms with E-state index in [1.54, 1.807) is 0 Å². The van der Waals surface area contributed by atoms with Gasteiger partial charge in [0.2, 0.25) is 5.91 Å². The standard InChI is InChI=1S/C12H14N2O2/c15-11-10(8-13-12(16)14-11)7-6-9-4-2-1-3-5-9/h1-5,10H,6-8H2,(H2,13,14,15,16). The highest BCUT2D eigenvalue weighted by atomic mass is 16.2. The number of imide groups is 1. The SMILES string of the molecule is O=C1NCC(CCc2ccccc2)C(=O)N1. The molecule has 0 saturated carbocycles. The van der Waals surface area contributed by atoms with E-state index in [4.69, 9.17) is 0 Å². The second-order valence-electron chi connectivity index (χ2n) is 3.92. The van der Waals surface area contributed by atoms with Gasteiger partial charge in [0, 0.05) is 6.54 Å². The fraction of sp³-hybridized carbons (Fsp3) is 0.333. The van der Waals surface area contributed by atoms with Crippen LogP contribution in [0, 0.1) is 5.92 Å². The summed E-state index contributed by atoms with van der Waals surface area (Å²) in [5.41, 5.74) is 1.22. The van der Waals surface area contributed by atoms with Gasteiger partial charge in [0.1, 0.15) is 0 Å². The fourth-order valence-corrected chi connectivity index (χ4v) is 1.79. The summed E-state index contributed by atoms with van der Waals surface area (Å²) in [4.78, 5) is 22.3. The molecular weight excluding hydrogens is 204 g/mol. The first kappa shape index (κ1) is 10.7. The van der Waals surface area contributed by atoms with Crippen LogP contribution in [0.3, 0.4) is 0 Å². The molecule has 0 radical (unpaired) electrons. The summed E-state index contributed by atoms with van der Waals surface area (Å²) in [7, 11) is 0. The van der Waals surface area contributed by atoms with E-state index in [0.717, 1.165) is 12.8 Å². The second-order valence-corrected chi connectivity index (χ2v) is 3.92. The number of carbonyl (C=O) groups is 2. The quantitative estimate of drug-likeness (QED) is 0.797. The maximum Gasteiger partial charge on any atom is 0.321 e. The van der Waals surface area contributed by atoms with Crippen molar-refractivity contribution in [3.8, 4) is 0 Å². The van der Waals surface area contributed by atoms with E-state index < -0.39 is 0 Å². The largest absolute Gasteiger partial charge is 0.337 e. The molecule has 0 aliphatic carbocycles. The van der Waals surface area contributed by atoms with Gasteiger partial charge in [-0.1, -0.05) is 30.3 Å². The van der Waals surface area contributed by atoms with Gasteiger partial charge < -0.3 is 5.32 Å². The molecule has 1 saturated heterocycles. The molecule has 4 nitrogen and oxygen atoms in total. The molecule has 1 aliphatic rings. The highest BCUT2D eigenvalue weighted by molar-refractivity contribution is 5.97. The number of carbonyl (C=O) groups excluding carboxylic acids is 2.